The lowest BCUT2D eigenvalue weighted by molar-refractivity contribution is 0.431. The molecule has 0 aliphatic heterocycles. The van der Waals surface area contributed by atoms with Crippen LogP contribution in [-0.4, -0.2) is 14.9 Å². The van der Waals surface area contributed by atoms with Crippen molar-refractivity contribution in [2.24, 2.45) is 0 Å². The summed E-state index contributed by atoms with van der Waals surface area (Å²) >= 11 is 5.23. The molecule has 28 heavy (non-hydrogen) atoms. The van der Waals surface area contributed by atoms with Crippen LogP contribution in [0.25, 0.3) is 0 Å². The topological polar surface area (TPSA) is 41.9 Å². The van der Waals surface area contributed by atoms with Gasteiger partial charge in [-0.25, -0.2) is 17.6 Å². The summed E-state index contributed by atoms with van der Waals surface area (Å²) in [6.45, 7) is 3.44. The summed E-state index contributed by atoms with van der Waals surface area (Å²) in [5, 5.41) is 10.2. The normalized spacial score (nSPS) is 10.8. The molecule has 4 nitrogen and oxygen atoms in total. The molecule has 1 aromatic heterocycles. The second kappa shape index (κ2) is 7.97. The molecule has 0 aliphatic rings. The van der Waals surface area contributed by atoms with Gasteiger partial charge in [0.05, 0.1) is 12.1 Å². The Labute approximate surface area is 164 Å². The van der Waals surface area contributed by atoms with E-state index in [-0.39, 0.29) is 11.2 Å². The molecule has 0 fully saturated rings. The number of benzene rings is 2. The van der Waals surface area contributed by atoms with Crippen LogP contribution < -0.4 is 10.6 Å². The monoisotopic (exact) mass is 408 g/mol. The zero-order valence-electron chi connectivity index (χ0n) is 15.0. The lowest BCUT2D eigenvalue weighted by Gasteiger charge is -2.11. The predicted octanol–water partition coefficient (Wildman–Crippen LogP) is 4.91. The van der Waals surface area contributed by atoms with Crippen LogP contribution in [0.3, 0.4) is 0 Å². The standard InChI is InChI=1S/C19H16F4N4S/c1-10-3-4-15(11(2)7-10)24-19(28)25-16-5-6-27(26-16)9-12-17(22)13(20)8-14(21)18(12)23/h3-8H,9H2,1-2H3,(H2,24,25,26,28). The van der Waals surface area contributed by atoms with Gasteiger partial charge in [0.1, 0.15) is 0 Å². The Bertz CT molecular complexity index is 1020. The molecule has 0 saturated heterocycles. The molecule has 3 aromatic rings. The number of aryl methyl sites for hydroxylation is 2. The lowest BCUT2D eigenvalue weighted by atomic mass is 10.1. The van der Waals surface area contributed by atoms with Crippen molar-refractivity contribution in [3.8, 4) is 0 Å². The molecule has 0 spiro atoms. The van der Waals surface area contributed by atoms with Gasteiger partial charge in [-0.05, 0) is 37.7 Å². The Morgan fingerprint density at radius 3 is 2.32 bits per heavy atom. The average Bonchev–Trinajstić information content (AvgIpc) is 3.06. The lowest BCUT2D eigenvalue weighted by Crippen LogP contribution is -2.20. The highest BCUT2D eigenvalue weighted by atomic mass is 32.1. The van der Waals surface area contributed by atoms with Crippen molar-refractivity contribution in [3.05, 3.63) is 76.5 Å². The van der Waals surface area contributed by atoms with Gasteiger partial charge in [0.2, 0.25) is 0 Å². The van der Waals surface area contributed by atoms with Crippen molar-refractivity contribution in [3.63, 3.8) is 0 Å². The Morgan fingerprint density at radius 2 is 1.68 bits per heavy atom. The van der Waals surface area contributed by atoms with Gasteiger partial charge < -0.3 is 10.6 Å². The van der Waals surface area contributed by atoms with Gasteiger partial charge in [-0.2, -0.15) is 5.10 Å². The maximum atomic E-state index is 13.8. The van der Waals surface area contributed by atoms with Gasteiger partial charge in [-0.3, -0.25) is 4.68 Å². The molecule has 9 heteroatoms. The van der Waals surface area contributed by atoms with Gasteiger partial charge in [0.25, 0.3) is 0 Å². The summed E-state index contributed by atoms with van der Waals surface area (Å²) in [7, 11) is 0. The highest BCUT2D eigenvalue weighted by Crippen LogP contribution is 2.21. The van der Waals surface area contributed by atoms with E-state index in [0.29, 0.717) is 5.82 Å². The summed E-state index contributed by atoms with van der Waals surface area (Å²) < 4.78 is 55.3. The van der Waals surface area contributed by atoms with Gasteiger partial charge in [0.15, 0.2) is 34.2 Å². The zero-order valence-corrected chi connectivity index (χ0v) is 15.8. The van der Waals surface area contributed by atoms with Crippen molar-refractivity contribution in [1.29, 1.82) is 0 Å². The molecular weight excluding hydrogens is 392 g/mol. The second-order valence-electron chi connectivity index (χ2n) is 6.24. The van der Waals surface area contributed by atoms with E-state index in [1.54, 1.807) is 0 Å². The first-order chi connectivity index (χ1) is 13.2. The van der Waals surface area contributed by atoms with E-state index in [9.17, 15) is 17.6 Å². The third-order valence-electron chi connectivity index (χ3n) is 4.04. The number of thiocarbonyl (C=S) groups is 1. The fourth-order valence-corrected chi connectivity index (χ4v) is 2.88. The number of nitrogens with zero attached hydrogens (tertiary/aromatic N) is 2. The van der Waals surface area contributed by atoms with Crippen LogP contribution in [-0.2, 0) is 6.54 Å². The van der Waals surface area contributed by atoms with E-state index < -0.39 is 35.4 Å². The number of aromatic nitrogens is 2. The van der Waals surface area contributed by atoms with Crippen LogP contribution in [0, 0.1) is 37.1 Å². The minimum atomic E-state index is -1.46. The van der Waals surface area contributed by atoms with Crippen LogP contribution in [0.4, 0.5) is 29.1 Å². The molecule has 0 amide bonds. The Balaban J connectivity index is 1.70. The van der Waals surface area contributed by atoms with E-state index in [1.165, 1.54) is 12.3 Å². The van der Waals surface area contributed by atoms with Crippen molar-refractivity contribution in [2.45, 2.75) is 20.4 Å². The molecule has 146 valence electrons. The van der Waals surface area contributed by atoms with Crippen LogP contribution in [0.1, 0.15) is 16.7 Å². The zero-order chi connectivity index (χ0) is 20.4. The molecular formula is C19H16F4N4S. The Kier molecular flexibility index (Phi) is 5.64. The molecule has 0 radical (unpaired) electrons. The number of anilines is 2. The highest BCUT2D eigenvalue weighted by Gasteiger charge is 2.19. The van der Waals surface area contributed by atoms with Gasteiger partial charge >= 0.3 is 0 Å². The maximum Gasteiger partial charge on any atom is 0.176 e. The fourth-order valence-electron chi connectivity index (χ4n) is 2.66. The SMILES string of the molecule is Cc1ccc(NC(=S)Nc2ccn(Cc3c(F)c(F)cc(F)c3F)n2)c(C)c1. The molecule has 2 N–H and O–H groups in total. The van der Waals surface area contributed by atoms with Crippen molar-refractivity contribution >= 4 is 28.8 Å². The summed E-state index contributed by atoms with van der Waals surface area (Å²) in [4.78, 5) is 0. The third kappa shape index (κ3) is 4.30. The summed E-state index contributed by atoms with van der Waals surface area (Å²) in [6, 6.07) is 7.51. The van der Waals surface area contributed by atoms with Crippen LogP contribution >= 0.6 is 12.2 Å². The summed E-state index contributed by atoms with van der Waals surface area (Å²) in [5.41, 5.74) is 2.20. The minimum absolute atomic E-state index is 0.168. The largest absolute Gasteiger partial charge is 0.332 e. The number of rotatable bonds is 4. The molecule has 0 saturated carbocycles. The van der Waals surface area contributed by atoms with Crippen molar-refractivity contribution in [2.75, 3.05) is 10.6 Å². The molecule has 3 rings (SSSR count). The fraction of sp³-hybridized carbons (Fsp3) is 0.158. The van der Waals surface area contributed by atoms with E-state index in [0.717, 1.165) is 21.5 Å². The predicted molar refractivity (Wildman–Crippen MR) is 103 cm³/mol. The molecule has 0 aliphatic carbocycles. The number of hydrogen-bond donors (Lipinski definition) is 2. The minimum Gasteiger partial charge on any atom is -0.332 e. The second-order valence-corrected chi connectivity index (χ2v) is 6.65. The molecule has 2 aromatic carbocycles. The Morgan fingerprint density at radius 1 is 1.00 bits per heavy atom. The maximum absolute atomic E-state index is 13.8. The summed E-state index contributed by atoms with van der Waals surface area (Å²) in [5.74, 6) is -5.51. The Hall–Kier alpha value is -2.94. The van der Waals surface area contributed by atoms with E-state index in [2.05, 4.69) is 15.7 Å². The van der Waals surface area contributed by atoms with E-state index >= 15 is 0 Å². The molecule has 0 atom stereocenters. The van der Waals surface area contributed by atoms with Crippen LogP contribution in [0.15, 0.2) is 36.5 Å². The average molecular weight is 408 g/mol. The van der Waals surface area contributed by atoms with Gasteiger partial charge in [0, 0.05) is 24.0 Å². The first kappa shape index (κ1) is 19.8. The first-order valence-corrected chi connectivity index (χ1v) is 8.66. The van der Waals surface area contributed by atoms with Crippen molar-refractivity contribution < 1.29 is 17.6 Å². The van der Waals surface area contributed by atoms with Crippen LogP contribution in [0.5, 0.6) is 0 Å². The van der Waals surface area contributed by atoms with E-state index in [1.807, 2.05) is 32.0 Å². The quantitative estimate of drug-likeness (QED) is 0.366. The molecule has 0 bridgehead atoms. The van der Waals surface area contributed by atoms with Crippen molar-refractivity contribution in [1.82, 2.24) is 9.78 Å². The van der Waals surface area contributed by atoms with Gasteiger partial charge in [-0.15, -0.1) is 0 Å². The first-order valence-electron chi connectivity index (χ1n) is 8.25. The summed E-state index contributed by atoms with van der Waals surface area (Å²) in [6.07, 6.45) is 1.41. The van der Waals surface area contributed by atoms with E-state index in [4.69, 9.17) is 12.2 Å². The molecule has 0 unspecified atom stereocenters. The smallest absolute Gasteiger partial charge is 0.176 e. The van der Waals surface area contributed by atoms with Gasteiger partial charge in [-0.1, -0.05) is 17.7 Å². The highest BCUT2D eigenvalue weighted by molar-refractivity contribution is 7.80. The van der Waals surface area contributed by atoms with Crippen LogP contribution in [0.2, 0.25) is 0 Å². The third-order valence-corrected chi connectivity index (χ3v) is 4.24. The molecule has 1 heterocycles. The number of hydrogen-bond acceptors (Lipinski definition) is 2. The number of halogens is 4. The number of nitrogens with one attached hydrogen (secondary N) is 2.